The van der Waals surface area contributed by atoms with Crippen molar-refractivity contribution >= 4 is 18.2 Å². The summed E-state index contributed by atoms with van der Waals surface area (Å²) in [4.78, 5) is 0. The Balaban J connectivity index is 1.32. The third-order valence-corrected chi connectivity index (χ3v) is 10.4. The molecule has 6 fully saturated rings. The number of ether oxygens (including phenoxy) is 5. The number of aliphatic hydroxyl groups excluding tert-OH is 6. The topological polar surface area (TPSA) is 383 Å². The molecule has 6 aliphatic rings. The first-order valence-electron chi connectivity index (χ1n) is 12.6. The highest BCUT2D eigenvalue weighted by atomic mass is 32.3. The van der Waals surface area contributed by atoms with Crippen LogP contribution in [0, 0.1) is 0 Å². The molecule has 3 unspecified atom stereocenters. The van der Waals surface area contributed by atoms with Crippen LogP contribution in [0.1, 0.15) is 0 Å². The van der Waals surface area contributed by atoms with E-state index in [2.05, 4.69) is 8.37 Å². The van der Waals surface area contributed by atoms with E-state index in [1.54, 1.807) is 0 Å². The van der Waals surface area contributed by atoms with Gasteiger partial charge in [0.1, 0.15) is 43.2 Å². The molecule has 0 spiro atoms. The van der Waals surface area contributed by atoms with E-state index in [-0.39, 0.29) is 0 Å². The molecule has 44 heavy (non-hydrogen) atoms. The number of aliphatic hydroxyl groups is 8. The number of rotatable bonds is 7. The van der Waals surface area contributed by atoms with Gasteiger partial charge in [0.2, 0.25) is 0 Å². The van der Waals surface area contributed by atoms with Crippen LogP contribution in [0.4, 0.5) is 0 Å². The smallest absolute Gasteiger partial charge is 0.394 e. The van der Waals surface area contributed by atoms with Crippen LogP contribution in [0.25, 0.3) is 0 Å². The quantitative estimate of drug-likeness (QED) is 0.111. The molecule has 26 heteroatoms. The average molecular weight is 687 g/mol. The maximum absolute atomic E-state index is 13.1. The van der Waals surface area contributed by atoms with Crippen molar-refractivity contribution < 1.29 is 99.5 Å². The summed E-state index contributed by atoms with van der Waals surface area (Å²) in [6.07, 6.45) is -13.8. The number of phosphoric acid groups is 1. The van der Waals surface area contributed by atoms with Gasteiger partial charge in [-0.2, -0.15) is 8.42 Å². The summed E-state index contributed by atoms with van der Waals surface area (Å²) in [6.45, 7) is -3.50. The van der Waals surface area contributed by atoms with Crippen molar-refractivity contribution in [3.8, 4) is 0 Å². The maximum atomic E-state index is 13.1. The number of phosphoric ester groups is 1. The molecule has 24 nitrogen and oxygen atoms in total. The van der Waals surface area contributed by atoms with E-state index in [4.69, 9.17) is 54.5 Å². The Morgan fingerprint density at radius 1 is 0.841 bits per heavy atom. The molecular formula is C18H30N3O21PS. The molecule has 0 radical (unpaired) electrons. The number of nitrogens with two attached hydrogens (primary N) is 3. The van der Waals surface area contributed by atoms with Crippen molar-refractivity contribution in [2.45, 2.75) is 90.3 Å². The predicted octanol–water partition coefficient (Wildman–Crippen LogP) is -8.56. The van der Waals surface area contributed by atoms with Crippen LogP contribution in [0.2, 0.25) is 0 Å². The van der Waals surface area contributed by atoms with Crippen molar-refractivity contribution in [2.24, 2.45) is 17.2 Å². The zero-order valence-electron chi connectivity index (χ0n) is 21.9. The van der Waals surface area contributed by atoms with Gasteiger partial charge < -0.3 is 71.3 Å². The zero-order valence-corrected chi connectivity index (χ0v) is 23.6. The molecule has 6 rings (SSSR count). The third-order valence-electron chi connectivity index (χ3n) is 8.04. The summed E-state index contributed by atoms with van der Waals surface area (Å²) in [6, 6.07) is -3.12. The Bertz CT molecular complexity index is 1330. The molecule has 2 bridgehead atoms. The Kier molecular flexibility index (Phi) is 7.69. The Hall–Kier alpha value is -0.660. The lowest BCUT2D eigenvalue weighted by atomic mass is 9.83. The molecule has 16 atom stereocenters. The average Bonchev–Trinajstić information content (AvgIpc) is 3.41. The summed E-state index contributed by atoms with van der Waals surface area (Å²) in [5, 5.41) is 83.8. The fourth-order valence-corrected chi connectivity index (χ4v) is 8.63. The van der Waals surface area contributed by atoms with Gasteiger partial charge in [0.15, 0.2) is 12.6 Å². The molecule has 0 aromatic carbocycles. The lowest BCUT2D eigenvalue weighted by Crippen LogP contribution is -2.90. The van der Waals surface area contributed by atoms with E-state index in [1.165, 1.54) is 0 Å². The van der Waals surface area contributed by atoms with E-state index in [0.717, 1.165) is 0 Å². The monoisotopic (exact) mass is 687 g/mol. The van der Waals surface area contributed by atoms with Crippen molar-refractivity contribution in [2.75, 3.05) is 19.8 Å². The van der Waals surface area contributed by atoms with Gasteiger partial charge in [-0.25, -0.2) is 26.5 Å². The lowest BCUT2D eigenvalue weighted by Gasteiger charge is -2.59. The number of hydrogen-bond acceptors (Lipinski definition) is 24. The minimum Gasteiger partial charge on any atom is -0.394 e. The molecule has 254 valence electrons. The second kappa shape index (κ2) is 10.2. The molecular weight excluding hydrogens is 657 g/mol. The van der Waals surface area contributed by atoms with E-state index >= 15 is 0 Å². The minimum atomic E-state index is -5.33. The van der Waals surface area contributed by atoms with Crippen LogP contribution in [0.5, 0.6) is 0 Å². The van der Waals surface area contributed by atoms with Crippen LogP contribution in [-0.4, -0.2) is 159 Å². The van der Waals surface area contributed by atoms with Gasteiger partial charge in [-0.3, -0.25) is 10.5 Å². The van der Waals surface area contributed by atoms with E-state index in [1.807, 2.05) is 0 Å². The molecule has 6 aliphatic heterocycles. The van der Waals surface area contributed by atoms with Crippen molar-refractivity contribution in [1.82, 2.24) is 0 Å². The highest BCUT2D eigenvalue weighted by Crippen LogP contribution is 2.80. The third kappa shape index (κ3) is 4.15. The van der Waals surface area contributed by atoms with Crippen LogP contribution >= 0.6 is 7.82 Å². The molecule has 6 saturated heterocycles. The van der Waals surface area contributed by atoms with Crippen molar-refractivity contribution in [3.05, 3.63) is 0 Å². The SMILES string of the molecule is N[C@H]1[C@H](OC2[C@@H](CO)O[C@@H](O)[C@H](N)[C@H]2O)O[C@H](CO)C(O[C@@]23O[C@]4(CO)OS(=O)(=O)O[C@@]4(O)[C@]4(O)OP(=O)(O2)O[C@@]34N)[C@@H]1O. The van der Waals surface area contributed by atoms with Crippen LogP contribution < -0.4 is 17.2 Å². The highest BCUT2D eigenvalue weighted by molar-refractivity contribution is 7.82. The van der Waals surface area contributed by atoms with Gasteiger partial charge in [0, 0.05) is 0 Å². The summed E-state index contributed by atoms with van der Waals surface area (Å²) in [7, 11) is -10.5. The molecule has 0 amide bonds. The number of fused-ring (bicyclic) bond motifs is 3. The van der Waals surface area contributed by atoms with E-state index in [0.29, 0.717) is 0 Å². The minimum absolute atomic E-state index is 0.785. The molecule has 6 heterocycles. The van der Waals surface area contributed by atoms with Gasteiger partial charge in [-0.15, -0.1) is 0 Å². The molecule has 14 N–H and O–H groups in total. The summed E-state index contributed by atoms with van der Waals surface area (Å²) in [5.41, 5.74) is 14.5. The largest absolute Gasteiger partial charge is 0.484 e. The first-order chi connectivity index (χ1) is 20.3. The maximum Gasteiger partial charge on any atom is 0.484 e. The van der Waals surface area contributed by atoms with Crippen molar-refractivity contribution in [3.63, 3.8) is 0 Å². The van der Waals surface area contributed by atoms with Crippen molar-refractivity contribution in [1.29, 1.82) is 0 Å². The van der Waals surface area contributed by atoms with Gasteiger partial charge >= 0.3 is 30.0 Å². The first kappa shape index (κ1) is 33.2. The predicted molar refractivity (Wildman–Crippen MR) is 124 cm³/mol. The van der Waals surface area contributed by atoms with Crippen LogP contribution in [0.3, 0.4) is 0 Å². The molecule has 0 aliphatic carbocycles. The van der Waals surface area contributed by atoms with Crippen LogP contribution in [-0.2, 0) is 60.6 Å². The van der Waals surface area contributed by atoms with Gasteiger partial charge in [-0.1, -0.05) is 0 Å². The summed E-state index contributed by atoms with van der Waals surface area (Å²) >= 11 is 0. The fraction of sp³-hybridized carbons (Fsp3) is 1.00. The Labute approximate surface area is 245 Å². The normalized spacial score (nSPS) is 59.5. The van der Waals surface area contributed by atoms with Gasteiger partial charge in [0.25, 0.3) is 17.3 Å². The Morgan fingerprint density at radius 3 is 2.05 bits per heavy atom. The molecule has 0 aromatic rings. The highest BCUT2D eigenvalue weighted by Gasteiger charge is 2.99. The Morgan fingerprint density at radius 2 is 1.45 bits per heavy atom. The summed E-state index contributed by atoms with van der Waals surface area (Å²) in [5.74, 6) is -14.4. The van der Waals surface area contributed by atoms with Crippen LogP contribution in [0.15, 0.2) is 0 Å². The zero-order chi connectivity index (χ0) is 32.5. The first-order valence-corrected chi connectivity index (χ1v) is 15.4. The second-order valence-electron chi connectivity index (χ2n) is 10.7. The lowest BCUT2D eigenvalue weighted by molar-refractivity contribution is -0.579. The van der Waals surface area contributed by atoms with E-state index < -0.39 is 128 Å². The fourth-order valence-electron chi connectivity index (χ4n) is 5.74. The van der Waals surface area contributed by atoms with Gasteiger partial charge in [0.05, 0.1) is 25.3 Å². The molecule has 0 saturated carbocycles. The summed E-state index contributed by atoms with van der Waals surface area (Å²) < 4.78 is 88.7. The van der Waals surface area contributed by atoms with E-state index in [9.17, 15) is 53.8 Å². The number of hydrogen-bond donors (Lipinski definition) is 11. The molecule has 0 aromatic heterocycles. The standard InChI is InChI=1S/C18H30N3O21PS/c19-6-8(25)10(4(1-22)33-12(6)27)35-13-7(20)9(26)11(5(2-23)34-13)36-18-15(21)17(29,39-43(30,38-15)40-18)16(28)14(3-24,37-18)41-44(31,32)42-16/h4-13,22-29H,1-3,19-21H2/t4-,5-,6-,7-,8-,9-,10?,11?,12-,13+,14-,15-,16-,17-,18+,43?/m1/s1. The second-order valence-corrected chi connectivity index (χ2v) is 13.3. The van der Waals surface area contributed by atoms with Gasteiger partial charge in [-0.05, 0) is 0 Å².